The van der Waals surface area contributed by atoms with Gasteiger partial charge in [-0.15, -0.1) is 0 Å². The highest BCUT2D eigenvalue weighted by atomic mass is 15.3. The molecule has 2 heterocycles. The number of rotatable bonds is 4. The predicted molar refractivity (Wildman–Crippen MR) is 91.9 cm³/mol. The van der Waals surface area contributed by atoms with Gasteiger partial charge in [0.05, 0.1) is 0 Å². The zero-order valence-electron chi connectivity index (χ0n) is 13.6. The second-order valence-electron chi connectivity index (χ2n) is 6.35. The van der Waals surface area contributed by atoms with Crippen LogP contribution < -0.4 is 10.2 Å². The standard InChI is InChI=1S/C18H24N4/c1-13(2)12-19-17-11-14(3)20-18(21-17)22-10-6-8-15-7-4-5-9-16(15)22/h4-5,7,9,11,13H,6,8,10,12H2,1-3H3,(H,19,20,21). The highest BCUT2D eigenvalue weighted by Crippen LogP contribution is 2.31. The molecule has 0 atom stereocenters. The molecule has 1 aromatic heterocycles. The van der Waals surface area contributed by atoms with Crippen molar-refractivity contribution in [2.45, 2.75) is 33.6 Å². The Morgan fingerprint density at radius 3 is 2.86 bits per heavy atom. The SMILES string of the molecule is Cc1cc(NCC(C)C)nc(N2CCCc3ccccc32)n1. The van der Waals surface area contributed by atoms with Crippen molar-refractivity contribution in [3.05, 3.63) is 41.6 Å². The van der Waals surface area contributed by atoms with Gasteiger partial charge in [0, 0.05) is 30.5 Å². The van der Waals surface area contributed by atoms with Crippen molar-refractivity contribution in [2.24, 2.45) is 5.92 Å². The van der Waals surface area contributed by atoms with E-state index >= 15 is 0 Å². The van der Waals surface area contributed by atoms with Gasteiger partial charge in [0.15, 0.2) is 0 Å². The first-order chi connectivity index (χ1) is 10.6. The fourth-order valence-corrected chi connectivity index (χ4v) is 2.81. The van der Waals surface area contributed by atoms with Gasteiger partial charge in [0.2, 0.25) is 5.95 Å². The predicted octanol–water partition coefficient (Wildman–Crippen LogP) is 3.94. The minimum absolute atomic E-state index is 0.592. The fraction of sp³-hybridized carbons (Fsp3) is 0.444. The van der Waals surface area contributed by atoms with Crippen LogP contribution in [0, 0.1) is 12.8 Å². The van der Waals surface area contributed by atoms with Crippen LogP contribution >= 0.6 is 0 Å². The van der Waals surface area contributed by atoms with E-state index in [4.69, 9.17) is 4.98 Å². The molecule has 3 rings (SSSR count). The Hall–Kier alpha value is -2.10. The summed E-state index contributed by atoms with van der Waals surface area (Å²) in [5.74, 6) is 2.31. The monoisotopic (exact) mass is 296 g/mol. The van der Waals surface area contributed by atoms with Crippen LogP contribution in [0.1, 0.15) is 31.5 Å². The van der Waals surface area contributed by atoms with Crippen molar-refractivity contribution in [3.63, 3.8) is 0 Å². The molecule has 116 valence electrons. The van der Waals surface area contributed by atoms with Crippen LogP contribution in [0.15, 0.2) is 30.3 Å². The third-order valence-corrected chi connectivity index (χ3v) is 3.89. The van der Waals surface area contributed by atoms with Gasteiger partial charge in [0.25, 0.3) is 0 Å². The van der Waals surface area contributed by atoms with E-state index in [1.54, 1.807) is 0 Å². The maximum Gasteiger partial charge on any atom is 0.232 e. The molecule has 0 spiro atoms. The van der Waals surface area contributed by atoms with Gasteiger partial charge in [-0.05, 0) is 37.3 Å². The Morgan fingerprint density at radius 1 is 1.23 bits per heavy atom. The Labute approximate surface area is 132 Å². The zero-order valence-corrected chi connectivity index (χ0v) is 13.6. The Bertz CT molecular complexity index is 651. The van der Waals surface area contributed by atoms with Crippen molar-refractivity contribution >= 4 is 17.5 Å². The molecule has 4 nitrogen and oxygen atoms in total. The lowest BCUT2D eigenvalue weighted by atomic mass is 10.0. The summed E-state index contributed by atoms with van der Waals surface area (Å²) in [7, 11) is 0. The van der Waals surface area contributed by atoms with E-state index in [1.807, 2.05) is 13.0 Å². The topological polar surface area (TPSA) is 41.1 Å². The highest BCUT2D eigenvalue weighted by Gasteiger charge is 2.20. The molecule has 1 aliphatic rings. The molecule has 4 heteroatoms. The van der Waals surface area contributed by atoms with Gasteiger partial charge in [-0.2, -0.15) is 4.98 Å². The summed E-state index contributed by atoms with van der Waals surface area (Å²) in [5, 5.41) is 3.41. The van der Waals surface area contributed by atoms with Crippen LogP contribution in [-0.4, -0.2) is 23.1 Å². The lowest BCUT2D eigenvalue weighted by molar-refractivity contribution is 0.686. The average molecular weight is 296 g/mol. The van der Waals surface area contributed by atoms with Crippen LogP contribution in [0.3, 0.4) is 0 Å². The molecule has 0 radical (unpaired) electrons. The number of hydrogen-bond acceptors (Lipinski definition) is 4. The third kappa shape index (κ3) is 3.21. The molecule has 1 aliphatic heterocycles. The van der Waals surface area contributed by atoms with E-state index in [0.29, 0.717) is 5.92 Å². The summed E-state index contributed by atoms with van der Waals surface area (Å²) in [6.45, 7) is 8.32. The van der Waals surface area contributed by atoms with Gasteiger partial charge in [-0.25, -0.2) is 4.98 Å². The van der Waals surface area contributed by atoms with E-state index in [-0.39, 0.29) is 0 Å². The smallest absolute Gasteiger partial charge is 0.232 e. The molecule has 0 fully saturated rings. The molecule has 0 saturated heterocycles. The zero-order chi connectivity index (χ0) is 15.5. The van der Waals surface area contributed by atoms with Crippen LogP contribution in [0.5, 0.6) is 0 Å². The summed E-state index contributed by atoms with van der Waals surface area (Å²) in [5.41, 5.74) is 3.63. The molecule has 0 bridgehead atoms. The van der Waals surface area contributed by atoms with E-state index in [1.165, 1.54) is 11.3 Å². The maximum atomic E-state index is 4.73. The molecule has 0 aliphatic carbocycles. The fourth-order valence-electron chi connectivity index (χ4n) is 2.81. The Kier molecular flexibility index (Phi) is 4.27. The minimum Gasteiger partial charge on any atom is -0.370 e. The van der Waals surface area contributed by atoms with Gasteiger partial charge in [-0.3, -0.25) is 0 Å². The van der Waals surface area contributed by atoms with Crippen molar-refractivity contribution in [2.75, 3.05) is 23.3 Å². The molecule has 1 N–H and O–H groups in total. The molecule has 0 saturated carbocycles. The first-order valence-corrected chi connectivity index (χ1v) is 8.08. The second-order valence-corrected chi connectivity index (χ2v) is 6.35. The van der Waals surface area contributed by atoms with Gasteiger partial charge in [-0.1, -0.05) is 32.0 Å². The van der Waals surface area contributed by atoms with Crippen molar-refractivity contribution in [1.29, 1.82) is 0 Å². The first-order valence-electron chi connectivity index (χ1n) is 8.08. The van der Waals surface area contributed by atoms with Crippen LogP contribution in [0.25, 0.3) is 0 Å². The lowest BCUT2D eigenvalue weighted by Crippen LogP contribution is -2.26. The quantitative estimate of drug-likeness (QED) is 0.928. The van der Waals surface area contributed by atoms with E-state index in [2.05, 4.69) is 53.3 Å². The van der Waals surface area contributed by atoms with Crippen molar-refractivity contribution < 1.29 is 0 Å². The van der Waals surface area contributed by atoms with Crippen LogP contribution in [0.4, 0.5) is 17.5 Å². The second kappa shape index (κ2) is 6.34. The number of fused-ring (bicyclic) bond motifs is 1. The van der Waals surface area contributed by atoms with E-state index in [9.17, 15) is 0 Å². The summed E-state index contributed by atoms with van der Waals surface area (Å²) < 4.78 is 0. The van der Waals surface area contributed by atoms with Crippen molar-refractivity contribution in [3.8, 4) is 0 Å². The average Bonchev–Trinajstić information content (AvgIpc) is 2.52. The maximum absolute atomic E-state index is 4.73. The number of anilines is 3. The third-order valence-electron chi connectivity index (χ3n) is 3.89. The summed E-state index contributed by atoms with van der Waals surface area (Å²) in [6.07, 6.45) is 2.28. The Morgan fingerprint density at radius 2 is 2.05 bits per heavy atom. The molecular weight excluding hydrogens is 272 g/mol. The number of para-hydroxylation sites is 1. The first kappa shape index (κ1) is 14.8. The molecule has 2 aromatic rings. The summed E-state index contributed by atoms with van der Waals surface area (Å²) in [4.78, 5) is 11.6. The van der Waals surface area contributed by atoms with Crippen molar-refractivity contribution in [1.82, 2.24) is 9.97 Å². The lowest BCUT2D eigenvalue weighted by Gasteiger charge is -2.29. The number of nitrogens with one attached hydrogen (secondary N) is 1. The molecule has 22 heavy (non-hydrogen) atoms. The number of benzene rings is 1. The molecule has 0 amide bonds. The van der Waals surface area contributed by atoms with Crippen LogP contribution in [0.2, 0.25) is 0 Å². The number of aryl methyl sites for hydroxylation is 2. The number of aromatic nitrogens is 2. The molecule has 0 unspecified atom stereocenters. The number of hydrogen-bond donors (Lipinski definition) is 1. The number of nitrogens with zero attached hydrogens (tertiary/aromatic N) is 3. The van der Waals surface area contributed by atoms with Gasteiger partial charge >= 0.3 is 0 Å². The van der Waals surface area contributed by atoms with Gasteiger partial charge in [0.1, 0.15) is 5.82 Å². The normalized spacial score (nSPS) is 14.1. The minimum atomic E-state index is 0.592. The highest BCUT2D eigenvalue weighted by molar-refractivity contribution is 5.64. The molecular formula is C18H24N4. The van der Waals surface area contributed by atoms with Crippen LogP contribution in [-0.2, 0) is 6.42 Å². The Balaban J connectivity index is 1.92. The summed E-state index contributed by atoms with van der Waals surface area (Å²) >= 11 is 0. The van der Waals surface area contributed by atoms with E-state index in [0.717, 1.165) is 43.4 Å². The summed E-state index contributed by atoms with van der Waals surface area (Å²) in [6, 6.07) is 10.6. The molecule has 1 aromatic carbocycles. The largest absolute Gasteiger partial charge is 0.370 e. The van der Waals surface area contributed by atoms with Gasteiger partial charge < -0.3 is 10.2 Å². The van der Waals surface area contributed by atoms with E-state index < -0.39 is 0 Å².